The first kappa shape index (κ1) is 13.9. The number of hydrogen-bond donors (Lipinski definition) is 1. The predicted molar refractivity (Wildman–Crippen MR) is 93.4 cm³/mol. The molecule has 1 N–H and O–H groups in total. The predicted octanol–water partition coefficient (Wildman–Crippen LogP) is 4.37. The Morgan fingerprint density at radius 3 is 2.42 bits per heavy atom. The summed E-state index contributed by atoms with van der Waals surface area (Å²) in [4.78, 5) is 0. The average molecular weight is 336 g/mol. The lowest BCUT2D eigenvalue weighted by atomic mass is 9.96. The number of hydrogen-bond acceptors (Lipinski definition) is 3. The molecule has 5 rings (SSSR count). The molecule has 4 nitrogen and oxygen atoms in total. The quantitative estimate of drug-likeness (QED) is 0.436. The van der Waals surface area contributed by atoms with Gasteiger partial charge < -0.3 is 0 Å². The van der Waals surface area contributed by atoms with Gasteiger partial charge in [-0.25, -0.2) is 4.18 Å². The van der Waals surface area contributed by atoms with Gasteiger partial charge in [-0.3, -0.25) is 4.55 Å². The Morgan fingerprint density at radius 1 is 0.792 bits per heavy atom. The summed E-state index contributed by atoms with van der Waals surface area (Å²) < 4.78 is 37.0. The van der Waals surface area contributed by atoms with Gasteiger partial charge in [0.15, 0.2) is 0 Å². The summed E-state index contributed by atoms with van der Waals surface area (Å²) in [7, 11) is -4.57. The fourth-order valence-corrected chi connectivity index (χ4v) is 4.31. The molecular weight excluding hydrogens is 324 g/mol. The molecule has 0 bridgehead atoms. The Kier molecular flexibility index (Phi) is 2.63. The largest absolute Gasteiger partial charge is 0.398 e. The van der Waals surface area contributed by atoms with Crippen LogP contribution in [0.2, 0.25) is 0 Å². The molecule has 0 heterocycles. The third-order valence-corrected chi connectivity index (χ3v) is 5.15. The maximum Gasteiger partial charge on any atom is 0.398 e. The van der Waals surface area contributed by atoms with Crippen molar-refractivity contribution in [2.45, 2.75) is 6.10 Å². The zero-order chi connectivity index (χ0) is 16.5. The number of benzene rings is 4. The molecular formula is C19H12O4S. The van der Waals surface area contributed by atoms with E-state index >= 15 is 0 Å². The molecule has 1 atom stereocenters. The van der Waals surface area contributed by atoms with Crippen molar-refractivity contribution in [2.75, 3.05) is 0 Å². The van der Waals surface area contributed by atoms with Crippen LogP contribution < -0.4 is 0 Å². The van der Waals surface area contributed by atoms with E-state index in [0.717, 1.165) is 43.4 Å². The number of fused-ring (bicyclic) bond motifs is 2. The highest BCUT2D eigenvalue weighted by Crippen LogP contribution is 2.48. The highest BCUT2D eigenvalue weighted by Gasteiger charge is 2.31. The minimum atomic E-state index is -4.57. The van der Waals surface area contributed by atoms with E-state index < -0.39 is 16.5 Å². The molecule has 0 amide bonds. The number of rotatable bonds is 2. The molecule has 0 saturated heterocycles. The SMILES string of the molecule is O=S(=O)(O)OC1c2cccc3ccc4c5ccccc5cc1c4c23. The van der Waals surface area contributed by atoms with Crippen molar-refractivity contribution in [1.82, 2.24) is 0 Å². The summed E-state index contributed by atoms with van der Waals surface area (Å²) in [6.07, 6.45) is -0.826. The molecule has 1 unspecified atom stereocenters. The second-order valence-electron chi connectivity index (χ2n) is 6.02. The lowest BCUT2D eigenvalue weighted by Gasteiger charge is -2.13. The first-order valence-corrected chi connectivity index (χ1v) is 8.92. The summed E-state index contributed by atoms with van der Waals surface area (Å²) in [5, 5.41) is 6.19. The topological polar surface area (TPSA) is 63.6 Å². The Balaban J connectivity index is 2.00. The summed E-state index contributed by atoms with van der Waals surface area (Å²) >= 11 is 0. The first-order chi connectivity index (χ1) is 11.5. The van der Waals surface area contributed by atoms with E-state index in [2.05, 4.69) is 12.1 Å². The van der Waals surface area contributed by atoms with Crippen LogP contribution in [-0.2, 0) is 14.6 Å². The van der Waals surface area contributed by atoms with Crippen molar-refractivity contribution in [3.63, 3.8) is 0 Å². The molecule has 4 aromatic carbocycles. The smallest absolute Gasteiger partial charge is 0.264 e. The highest BCUT2D eigenvalue weighted by molar-refractivity contribution is 7.80. The van der Waals surface area contributed by atoms with Gasteiger partial charge in [0.1, 0.15) is 6.10 Å². The van der Waals surface area contributed by atoms with Crippen molar-refractivity contribution in [1.29, 1.82) is 0 Å². The standard InChI is InChI=1S/C19H12O4S/c20-24(21,22)23-19-15-7-3-5-11-8-9-14-13-6-2-1-4-12(13)10-16(19)18(14)17(11)15/h1-10,19H,(H,20,21,22). The van der Waals surface area contributed by atoms with E-state index in [0.29, 0.717) is 0 Å². The van der Waals surface area contributed by atoms with Gasteiger partial charge in [0.25, 0.3) is 0 Å². The van der Waals surface area contributed by atoms with Crippen LogP contribution in [0.4, 0.5) is 0 Å². The molecule has 4 aromatic rings. The van der Waals surface area contributed by atoms with Crippen LogP contribution in [0.5, 0.6) is 0 Å². The van der Waals surface area contributed by atoms with Gasteiger partial charge in [-0.15, -0.1) is 0 Å². The van der Waals surface area contributed by atoms with E-state index in [-0.39, 0.29) is 0 Å². The Hall–Kier alpha value is -2.47. The van der Waals surface area contributed by atoms with Crippen LogP contribution in [-0.4, -0.2) is 13.0 Å². The van der Waals surface area contributed by atoms with Gasteiger partial charge in [0, 0.05) is 0 Å². The normalized spacial score (nSPS) is 16.6. The zero-order valence-corrected chi connectivity index (χ0v) is 13.2. The average Bonchev–Trinajstić information content (AvgIpc) is 2.86. The van der Waals surface area contributed by atoms with Gasteiger partial charge >= 0.3 is 10.4 Å². The maximum absolute atomic E-state index is 11.4. The highest BCUT2D eigenvalue weighted by atomic mass is 32.3. The monoisotopic (exact) mass is 336 g/mol. The van der Waals surface area contributed by atoms with Gasteiger partial charge in [0.2, 0.25) is 0 Å². The van der Waals surface area contributed by atoms with Gasteiger partial charge in [-0.1, -0.05) is 54.6 Å². The summed E-state index contributed by atoms with van der Waals surface area (Å²) in [6, 6.07) is 19.7. The molecule has 0 fully saturated rings. The van der Waals surface area contributed by atoms with E-state index in [9.17, 15) is 13.0 Å². The second kappa shape index (κ2) is 4.54. The fourth-order valence-electron chi connectivity index (χ4n) is 3.86. The molecule has 0 spiro atoms. The van der Waals surface area contributed by atoms with E-state index in [1.807, 2.05) is 48.5 Å². The molecule has 24 heavy (non-hydrogen) atoms. The van der Waals surface area contributed by atoms with Crippen LogP contribution in [0.1, 0.15) is 17.2 Å². The fraction of sp³-hybridized carbons (Fsp3) is 0.0526. The molecule has 1 aliphatic carbocycles. The molecule has 0 aromatic heterocycles. The maximum atomic E-state index is 11.4. The second-order valence-corrected chi connectivity index (χ2v) is 7.07. The Labute approximate surface area is 138 Å². The first-order valence-electron chi connectivity index (χ1n) is 7.56. The van der Waals surface area contributed by atoms with Crippen LogP contribution in [0, 0.1) is 0 Å². The lowest BCUT2D eigenvalue weighted by Crippen LogP contribution is -2.10. The van der Waals surface area contributed by atoms with Crippen LogP contribution in [0.25, 0.3) is 32.3 Å². The van der Waals surface area contributed by atoms with Crippen LogP contribution in [0.15, 0.2) is 60.7 Å². The lowest BCUT2D eigenvalue weighted by molar-refractivity contribution is 0.221. The van der Waals surface area contributed by atoms with E-state index in [1.54, 1.807) is 0 Å². The molecule has 5 heteroatoms. The summed E-state index contributed by atoms with van der Waals surface area (Å²) in [6.45, 7) is 0. The van der Waals surface area contributed by atoms with Crippen molar-refractivity contribution in [2.24, 2.45) is 0 Å². The minimum Gasteiger partial charge on any atom is -0.264 e. The molecule has 118 valence electrons. The van der Waals surface area contributed by atoms with Gasteiger partial charge in [0.05, 0.1) is 0 Å². The molecule has 0 saturated carbocycles. The molecule has 0 radical (unpaired) electrons. The minimum absolute atomic E-state index is 0.765. The van der Waals surface area contributed by atoms with Crippen LogP contribution in [0.3, 0.4) is 0 Å². The van der Waals surface area contributed by atoms with Crippen molar-refractivity contribution < 1.29 is 17.2 Å². The van der Waals surface area contributed by atoms with Crippen molar-refractivity contribution >= 4 is 42.7 Å². The molecule has 0 aliphatic heterocycles. The third-order valence-electron chi connectivity index (χ3n) is 4.71. The van der Waals surface area contributed by atoms with E-state index in [4.69, 9.17) is 4.18 Å². The zero-order valence-electron chi connectivity index (χ0n) is 12.4. The van der Waals surface area contributed by atoms with Crippen LogP contribution >= 0.6 is 0 Å². The third kappa shape index (κ3) is 1.83. The van der Waals surface area contributed by atoms with E-state index in [1.165, 1.54) is 0 Å². The van der Waals surface area contributed by atoms with Crippen molar-refractivity contribution in [3.05, 3.63) is 71.8 Å². The van der Waals surface area contributed by atoms with Gasteiger partial charge in [-0.2, -0.15) is 8.42 Å². The van der Waals surface area contributed by atoms with Gasteiger partial charge in [-0.05, 0) is 49.5 Å². The summed E-state index contributed by atoms with van der Waals surface area (Å²) in [5.41, 5.74) is 1.54. The Morgan fingerprint density at radius 2 is 1.58 bits per heavy atom. The molecule has 1 aliphatic rings. The summed E-state index contributed by atoms with van der Waals surface area (Å²) in [5.74, 6) is 0. The Bertz CT molecular complexity index is 1260. The van der Waals surface area contributed by atoms with Crippen molar-refractivity contribution in [3.8, 4) is 0 Å².